The molecule has 2 aliphatic rings. The number of fused-ring (bicyclic) bond motifs is 10. The van der Waals surface area contributed by atoms with E-state index in [1.165, 1.54) is 44.5 Å². The number of nitrogens with zero attached hydrogens (tertiary/aromatic N) is 3. The Balaban J connectivity index is 1.06. The van der Waals surface area contributed by atoms with Crippen molar-refractivity contribution in [2.75, 3.05) is 0 Å². The molecule has 0 amide bonds. The van der Waals surface area contributed by atoms with Crippen molar-refractivity contribution >= 4 is 0 Å². The van der Waals surface area contributed by atoms with Crippen LogP contribution in [0.15, 0.2) is 200 Å². The SMILES string of the molecule is c1ccc(-c2cccc(-c3nc(-c4ccccc4)cc(-c4cccc(-c5ccc6c(c5)C5(c7ccccc7-c7ccccc75)c5ccncc5-6)c4)n3)c2)cc1. The minimum atomic E-state index is -0.422. The first-order valence-corrected chi connectivity index (χ1v) is 18.8. The Labute approximate surface area is 320 Å². The number of benzene rings is 7. The van der Waals surface area contributed by atoms with Gasteiger partial charge >= 0.3 is 0 Å². The zero-order valence-corrected chi connectivity index (χ0v) is 29.9. The van der Waals surface area contributed by atoms with E-state index in [-0.39, 0.29) is 0 Å². The molecule has 0 saturated carbocycles. The van der Waals surface area contributed by atoms with Gasteiger partial charge in [0.2, 0.25) is 0 Å². The van der Waals surface area contributed by atoms with Gasteiger partial charge in [-0.05, 0) is 91.5 Å². The molecule has 3 nitrogen and oxygen atoms in total. The summed E-state index contributed by atoms with van der Waals surface area (Å²) in [5, 5.41) is 0. The quantitative estimate of drug-likeness (QED) is 0.179. The molecule has 0 N–H and O–H groups in total. The summed E-state index contributed by atoms with van der Waals surface area (Å²) in [6, 6.07) is 67.3. The predicted molar refractivity (Wildman–Crippen MR) is 223 cm³/mol. The summed E-state index contributed by atoms with van der Waals surface area (Å²) in [6.07, 6.45) is 3.98. The standard InChI is InChI=1S/C52H33N3/c1-3-13-34(14-4-1)36-17-12-20-40(30-36)51-54-49(35-15-5-2-6-16-35)32-50(55-51)39-19-11-18-37(29-39)38-25-26-43-44-33-53-28-27-47(44)52(48(43)31-38)45-23-9-7-21-41(45)42-22-8-10-24-46(42)52/h1-33H. The fourth-order valence-corrected chi connectivity index (χ4v) is 8.97. The maximum Gasteiger partial charge on any atom is 0.160 e. The zero-order chi connectivity index (χ0) is 36.3. The number of rotatable bonds is 5. The van der Waals surface area contributed by atoms with Gasteiger partial charge in [-0.25, -0.2) is 9.97 Å². The van der Waals surface area contributed by atoms with E-state index < -0.39 is 5.41 Å². The van der Waals surface area contributed by atoms with Crippen LogP contribution in [0.1, 0.15) is 22.3 Å². The van der Waals surface area contributed by atoms with Crippen molar-refractivity contribution in [3.8, 4) is 78.4 Å². The Bertz CT molecular complexity index is 2870. The highest BCUT2D eigenvalue weighted by atomic mass is 14.9. The third-order valence-electron chi connectivity index (χ3n) is 11.4. The molecule has 0 saturated heterocycles. The summed E-state index contributed by atoms with van der Waals surface area (Å²) in [5.41, 5.74) is 19.3. The average Bonchev–Trinajstić information content (AvgIpc) is 3.74. The molecule has 55 heavy (non-hydrogen) atoms. The van der Waals surface area contributed by atoms with Crippen LogP contribution in [0.25, 0.3) is 78.4 Å². The van der Waals surface area contributed by atoms with Crippen molar-refractivity contribution in [2.24, 2.45) is 0 Å². The van der Waals surface area contributed by atoms with Gasteiger partial charge in [0.25, 0.3) is 0 Å². The molecule has 2 aromatic heterocycles. The van der Waals surface area contributed by atoms with Crippen LogP contribution in [0.2, 0.25) is 0 Å². The van der Waals surface area contributed by atoms with Gasteiger partial charge in [0.15, 0.2) is 5.82 Å². The zero-order valence-electron chi connectivity index (χ0n) is 29.9. The summed E-state index contributed by atoms with van der Waals surface area (Å²) in [7, 11) is 0. The van der Waals surface area contributed by atoms with Crippen molar-refractivity contribution in [3.05, 3.63) is 223 Å². The molecule has 0 aliphatic heterocycles. The van der Waals surface area contributed by atoms with Crippen LogP contribution in [0, 0.1) is 0 Å². The number of hydrogen-bond acceptors (Lipinski definition) is 3. The molecular formula is C52H33N3. The van der Waals surface area contributed by atoms with Gasteiger partial charge in [-0.1, -0.05) is 158 Å². The summed E-state index contributed by atoms with van der Waals surface area (Å²) < 4.78 is 0. The number of hydrogen-bond donors (Lipinski definition) is 0. The molecule has 7 aromatic carbocycles. The third kappa shape index (κ3) is 4.87. The normalized spacial score (nSPS) is 12.9. The van der Waals surface area contributed by atoms with Crippen molar-refractivity contribution in [1.82, 2.24) is 15.0 Å². The maximum absolute atomic E-state index is 5.24. The second kappa shape index (κ2) is 12.4. The average molecular weight is 700 g/mol. The molecule has 9 aromatic rings. The maximum atomic E-state index is 5.24. The Morgan fingerprint density at radius 2 is 0.818 bits per heavy atom. The van der Waals surface area contributed by atoms with E-state index in [0.717, 1.165) is 50.3 Å². The second-order valence-corrected chi connectivity index (χ2v) is 14.4. The summed E-state index contributed by atoms with van der Waals surface area (Å²) in [5.74, 6) is 0.698. The van der Waals surface area contributed by atoms with Crippen molar-refractivity contribution in [3.63, 3.8) is 0 Å². The first kappa shape index (κ1) is 31.3. The van der Waals surface area contributed by atoms with Gasteiger partial charge < -0.3 is 0 Å². The molecule has 0 unspecified atom stereocenters. The molecule has 256 valence electrons. The van der Waals surface area contributed by atoms with E-state index in [0.29, 0.717) is 5.82 Å². The van der Waals surface area contributed by atoms with Crippen LogP contribution in [0.5, 0.6) is 0 Å². The van der Waals surface area contributed by atoms with Crippen molar-refractivity contribution in [1.29, 1.82) is 0 Å². The first-order valence-electron chi connectivity index (χ1n) is 18.8. The fourth-order valence-electron chi connectivity index (χ4n) is 8.97. The first-order chi connectivity index (χ1) is 27.3. The monoisotopic (exact) mass is 699 g/mol. The Morgan fingerprint density at radius 1 is 0.309 bits per heavy atom. The molecule has 0 fully saturated rings. The van der Waals surface area contributed by atoms with E-state index in [2.05, 4.69) is 181 Å². The molecule has 3 heteroatoms. The van der Waals surface area contributed by atoms with E-state index in [1.807, 2.05) is 24.5 Å². The van der Waals surface area contributed by atoms with Gasteiger partial charge in [-0.3, -0.25) is 4.98 Å². The molecule has 2 heterocycles. The molecule has 0 bridgehead atoms. The van der Waals surface area contributed by atoms with Gasteiger partial charge in [0.1, 0.15) is 0 Å². The molecular weight excluding hydrogens is 667 g/mol. The molecule has 2 aliphatic carbocycles. The van der Waals surface area contributed by atoms with E-state index in [1.54, 1.807) is 0 Å². The highest BCUT2D eigenvalue weighted by Crippen LogP contribution is 2.62. The van der Waals surface area contributed by atoms with Gasteiger partial charge in [-0.15, -0.1) is 0 Å². The van der Waals surface area contributed by atoms with E-state index >= 15 is 0 Å². The summed E-state index contributed by atoms with van der Waals surface area (Å²) in [6.45, 7) is 0. The van der Waals surface area contributed by atoms with Crippen LogP contribution in [-0.2, 0) is 5.41 Å². The lowest BCUT2D eigenvalue weighted by molar-refractivity contribution is 0.792. The Morgan fingerprint density at radius 3 is 1.55 bits per heavy atom. The fraction of sp³-hybridized carbons (Fsp3) is 0.0192. The van der Waals surface area contributed by atoms with Gasteiger partial charge in [0.05, 0.1) is 16.8 Å². The summed E-state index contributed by atoms with van der Waals surface area (Å²) >= 11 is 0. The smallest absolute Gasteiger partial charge is 0.160 e. The number of aromatic nitrogens is 3. The molecule has 0 atom stereocenters. The Kier molecular flexibility index (Phi) is 7.08. The molecule has 0 radical (unpaired) electrons. The minimum absolute atomic E-state index is 0.422. The van der Waals surface area contributed by atoms with Crippen LogP contribution < -0.4 is 0 Å². The van der Waals surface area contributed by atoms with Crippen LogP contribution in [0.4, 0.5) is 0 Å². The third-order valence-corrected chi connectivity index (χ3v) is 11.4. The minimum Gasteiger partial charge on any atom is -0.264 e. The van der Waals surface area contributed by atoms with Crippen molar-refractivity contribution < 1.29 is 0 Å². The van der Waals surface area contributed by atoms with E-state index in [9.17, 15) is 0 Å². The lowest BCUT2D eigenvalue weighted by Crippen LogP contribution is -2.25. The summed E-state index contributed by atoms with van der Waals surface area (Å²) in [4.78, 5) is 15.0. The lowest BCUT2D eigenvalue weighted by Gasteiger charge is -2.30. The number of pyridine rings is 1. The van der Waals surface area contributed by atoms with Crippen LogP contribution >= 0.6 is 0 Å². The van der Waals surface area contributed by atoms with Crippen molar-refractivity contribution in [2.45, 2.75) is 5.41 Å². The lowest BCUT2D eigenvalue weighted by atomic mass is 9.70. The molecule has 1 spiro atoms. The predicted octanol–water partition coefficient (Wildman–Crippen LogP) is 12.6. The van der Waals surface area contributed by atoms with Gasteiger partial charge in [-0.2, -0.15) is 0 Å². The highest BCUT2D eigenvalue weighted by Gasteiger charge is 2.51. The van der Waals surface area contributed by atoms with Gasteiger partial charge in [0, 0.05) is 34.6 Å². The second-order valence-electron chi connectivity index (χ2n) is 14.4. The van der Waals surface area contributed by atoms with E-state index in [4.69, 9.17) is 9.97 Å². The van der Waals surface area contributed by atoms with Crippen LogP contribution in [-0.4, -0.2) is 15.0 Å². The topological polar surface area (TPSA) is 38.7 Å². The Hall–Kier alpha value is -7.23. The largest absolute Gasteiger partial charge is 0.264 e. The highest BCUT2D eigenvalue weighted by molar-refractivity contribution is 5.95. The van der Waals surface area contributed by atoms with Crippen LogP contribution in [0.3, 0.4) is 0 Å². The molecule has 11 rings (SSSR count).